The lowest BCUT2D eigenvalue weighted by molar-refractivity contribution is -0.140. The van der Waals surface area contributed by atoms with E-state index in [1.165, 1.54) is 6.07 Å². The van der Waals surface area contributed by atoms with Gasteiger partial charge in [0, 0.05) is 29.0 Å². The van der Waals surface area contributed by atoms with Gasteiger partial charge in [-0.3, -0.25) is 0 Å². The second-order valence-electron chi connectivity index (χ2n) is 6.30. The molecule has 2 N–H and O–H groups in total. The standard InChI is InChI=1S/C21H14F3N5O/c22-21(23,24)18-12-17(15-4-1-2-5-16(15)28-18)29-20(30)27-14-8-6-13(7-9-14)19-25-10-3-11-26-19/h1-12H,(H2,27,28,29,30). The van der Waals surface area contributed by atoms with Gasteiger partial charge in [-0.25, -0.2) is 19.7 Å². The van der Waals surface area contributed by atoms with Gasteiger partial charge in [0.1, 0.15) is 5.69 Å². The number of pyridine rings is 1. The fraction of sp³-hybridized carbons (Fsp3) is 0.0476. The van der Waals surface area contributed by atoms with Crippen LogP contribution in [0.15, 0.2) is 73.1 Å². The summed E-state index contributed by atoms with van der Waals surface area (Å²) in [6, 6.07) is 14.9. The Kier molecular flexibility index (Phi) is 5.01. The number of nitrogens with one attached hydrogen (secondary N) is 2. The van der Waals surface area contributed by atoms with E-state index < -0.39 is 17.9 Å². The molecule has 0 aliphatic heterocycles. The number of benzene rings is 2. The summed E-state index contributed by atoms with van der Waals surface area (Å²) in [6.07, 6.45) is -1.39. The Bertz CT molecular complexity index is 1190. The Balaban J connectivity index is 1.55. The molecule has 6 nitrogen and oxygen atoms in total. The zero-order valence-corrected chi connectivity index (χ0v) is 15.3. The van der Waals surface area contributed by atoms with Crippen LogP contribution in [0.3, 0.4) is 0 Å². The number of amides is 2. The molecule has 30 heavy (non-hydrogen) atoms. The highest BCUT2D eigenvalue weighted by Crippen LogP contribution is 2.33. The van der Waals surface area contributed by atoms with Gasteiger partial charge >= 0.3 is 12.2 Å². The number of fused-ring (bicyclic) bond motifs is 1. The molecular weight excluding hydrogens is 395 g/mol. The molecule has 2 aromatic heterocycles. The minimum atomic E-state index is -4.63. The third-order valence-electron chi connectivity index (χ3n) is 4.22. The normalized spacial score (nSPS) is 11.3. The lowest BCUT2D eigenvalue weighted by Crippen LogP contribution is -2.20. The molecule has 0 radical (unpaired) electrons. The molecule has 0 spiro atoms. The van der Waals surface area contributed by atoms with E-state index >= 15 is 0 Å². The Morgan fingerprint density at radius 1 is 0.867 bits per heavy atom. The molecule has 4 aromatic rings. The quantitative estimate of drug-likeness (QED) is 0.478. The first-order valence-electron chi connectivity index (χ1n) is 8.82. The van der Waals surface area contributed by atoms with Crippen molar-refractivity contribution in [3.05, 3.63) is 78.8 Å². The number of carbonyl (C=O) groups is 1. The van der Waals surface area contributed by atoms with E-state index in [0.29, 0.717) is 16.9 Å². The predicted octanol–water partition coefficient (Wildman–Crippen LogP) is 5.35. The van der Waals surface area contributed by atoms with Crippen LogP contribution < -0.4 is 10.6 Å². The molecule has 0 saturated carbocycles. The van der Waals surface area contributed by atoms with Crippen molar-refractivity contribution in [2.45, 2.75) is 6.18 Å². The minimum absolute atomic E-state index is 0.0136. The fourth-order valence-corrected chi connectivity index (χ4v) is 2.86. The van der Waals surface area contributed by atoms with Crippen molar-refractivity contribution in [3.63, 3.8) is 0 Å². The van der Waals surface area contributed by atoms with Crippen LogP contribution in [0.5, 0.6) is 0 Å². The number of anilines is 2. The monoisotopic (exact) mass is 409 g/mol. The number of hydrogen-bond acceptors (Lipinski definition) is 4. The zero-order valence-electron chi connectivity index (χ0n) is 15.3. The van der Waals surface area contributed by atoms with Crippen LogP contribution in [0.4, 0.5) is 29.3 Å². The van der Waals surface area contributed by atoms with Crippen LogP contribution >= 0.6 is 0 Å². The van der Waals surface area contributed by atoms with E-state index in [1.54, 1.807) is 60.9 Å². The molecule has 2 amide bonds. The summed E-state index contributed by atoms with van der Waals surface area (Å²) >= 11 is 0. The average molecular weight is 409 g/mol. The van der Waals surface area contributed by atoms with Crippen molar-refractivity contribution < 1.29 is 18.0 Å². The summed E-state index contributed by atoms with van der Waals surface area (Å²) in [5.74, 6) is 0.538. The highest BCUT2D eigenvalue weighted by atomic mass is 19.4. The van der Waals surface area contributed by atoms with Crippen LogP contribution in [-0.4, -0.2) is 21.0 Å². The summed E-state index contributed by atoms with van der Waals surface area (Å²) in [7, 11) is 0. The Hall–Kier alpha value is -4.01. The molecule has 4 rings (SSSR count). The first-order valence-corrected chi connectivity index (χ1v) is 8.82. The molecule has 9 heteroatoms. The Morgan fingerprint density at radius 2 is 1.57 bits per heavy atom. The first kappa shape index (κ1) is 19.3. The van der Waals surface area contributed by atoms with Gasteiger partial charge in [-0.2, -0.15) is 13.2 Å². The maximum absolute atomic E-state index is 13.2. The second-order valence-corrected chi connectivity index (χ2v) is 6.30. The molecule has 2 heterocycles. The lowest BCUT2D eigenvalue weighted by atomic mass is 10.1. The number of hydrogen-bond donors (Lipinski definition) is 2. The maximum Gasteiger partial charge on any atom is 0.433 e. The first-order chi connectivity index (χ1) is 14.4. The van der Waals surface area contributed by atoms with Crippen molar-refractivity contribution in [2.24, 2.45) is 0 Å². The van der Waals surface area contributed by atoms with Gasteiger partial charge in [0.05, 0.1) is 11.2 Å². The number of aromatic nitrogens is 3. The van der Waals surface area contributed by atoms with Crippen LogP contribution in [0.2, 0.25) is 0 Å². The van der Waals surface area contributed by atoms with E-state index in [4.69, 9.17) is 0 Å². The number of alkyl halides is 3. The highest BCUT2D eigenvalue weighted by Gasteiger charge is 2.33. The Labute approximate surface area is 168 Å². The van der Waals surface area contributed by atoms with Crippen LogP contribution in [0.1, 0.15) is 5.69 Å². The van der Waals surface area contributed by atoms with E-state index in [2.05, 4.69) is 25.6 Å². The smallest absolute Gasteiger partial charge is 0.308 e. The topological polar surface area (TPSA) is 79.8 Å². The Morgan fingerprint density at radius 3 is 2.27 bits per heavy atom. The van der Waals surface area contributed by atoms with Crippen molar-refractivity contribution in [1.82, 2.24) is 15.0 Å². The third kappa shape index (κ3) is 4.19. The van der Waals surface area contributed by atoms with Gasteiger partial charge in [-0.1, -0.05) is 18.2 Å². The largest absolute Gasteiger partial charge is 0.433 e. The van der Waals surface area contributed by atoms with E-state index in [1.807, 2.05) is 0 Å². The zero-order chi connectivity index (χ0) is 21.1. The van der Waals surface area contributed by atoms with Crippen molar-refractivity contribution >= 4 is 28.3 Å². The summed E-state index contributed by atoms with van der Waals surface area (Å²) in [5.41, 5.74) is 0.288. The number of halogens is 3. The van der Waals surface area contributed by atoms with Crippen LogP contribution in [0.25, 0.3) is 22.3 Å². The van der Waals surface area contributed by atoms with Gasteiger partial charge in [-0.05, 0) is 42.5 Å². The van der Waals surface area contributed by atoms with Gasteiger partial charge < -0.3 is 10.6 Å². The van der Waals surface area contributed by atoms with Crippen molar-refractivity contribution in [1.29, 1.82) is 0 Å². The number of rotatable bonds is 3. The molecular formula is C21H14F3N5O. The SMILES string of the molecule is O=C(Nc1ccc(-c2ncccn2)cc1)Nc1cc(C(F)(F)F)nc2ccccc12. The van der Waals surface area contributed by atoms with Gasteiger partial charge in [0.25, 0.3) is 0 Å². The van der Waals surface area contributed by atoms with Crippen LogP contribution in [-0.2, 0) is 6.18 Å². The number of urea groups is 1. The molecule has 150 valence electrons. The minimum Gasteiger partial charge on any atom is -0.308 e. The number of carbonyl (C=O) groups excluding carboxylic acids is 1. The predicted molar refractivity (Wildman–Crippen MR) is 107 cm³/mol. The summed E-state index contributed by atoms with van der Waals surface area (Å²) in [6.45, 7) is 0. The average Bonchev–Trinajstić information content (AvgIpc) is 2.74. The molecule has 0 unspecified atom stereocenters. The second kappa shape index (κ2) is 7.78. The maximum atomic E-state index is 13.2. The molecule has 0 saturated heterocycles. The van der Waals surface area contributed by atoms with E-state index in [0.717, 1.165) is 11.6 Å². The summed E-state index contributed by atoms with van der Waals surface area (Å²) in [4.78, 5) is 24.3. The molecule has 0 bridgehead atoms. The summed E-state index contributed by atoms with van der Waals surface area (Å²) in [5, 5.41) is 5.48. The molecule has 0 atom stereocenters. The van der Waals surface area contributed by atoms with Crippen molar-refractivity contribution in [3.8, 4) is 11.4 Å². The highest BCUT2D eigenvalue weighted by molar-refractivity contribution is 6.05. The molecule has 0 aliphatic rings. The number of nitrogens with zero attached hydrogens (tertiary/aromatic N) is 3. The van der Waals surface area contributed by atoms with Gasteiger partial charge in [-0.15, -0.1) is 0 Å². The van der Waals surface area contributed by atoms with Crippen molar-refractivity contribution in [2.75, 3.05) is 10.6 Å². The molecule has 0 fully saturated rings. The van der Waals surface area contributed by atoms with Gasteiger partial charge in [0.15, 0.2) is 5.82 Å². The van der Waals surface area contributed by atoms with E-state index in [-0.39, 0.29) is 11.2 Å². The summed E-state index contributed by atoms with van der Waals surface area (Å²) < 4.78 is 39.5. The van der Waals surface area contributed by atoms with E-state index in [9.17, 15) is 18.0 Å². The number of para-hydroxylation sites is 1. The molecule has 2 aromatic carbocycles. The fourth-order valence-electron chi connectivity index (χ4n) is 2.86. The van der Waals surface area contributed by atoms with Gasteiger partial charge in [0.2, 0.25) is 0 Å². The van der Waals surface area contributed by atoms with Crippen LogP contribution in [0, 0.1) is 0 Å². The lowest BCUT2D eigenvalue weighted by Gasteiger charge is -2.13. The molecule has 0 aliphatic carbocycles. The third-order valence-corrected chi connectivity index (χ3v) is 4.22.